The summed E-state index contributed by atoms with van der Waals surface area (Å²) in [6.45, 7) is 13.1. The lowest BCUT2D eigenvalue weighted by Gasteiger charge is -2.26. The van der Waals surface area contributed by atoms with Crippen LogP contribution in [0.4, 0.5) is 0 Å². The molecule has 0 aliphatic rings. The first-order chi connectivity index (χ1) is 12.7. The van der Waals surface area contributed by atoms with E-state index in [0.29, 0.717) is 16.7 Å². The van der Waals surface area contributed by atoms with Gasteiger partial charge in [0.2, 0.25) is 0 Å². The molecule has 0 aromatic heterocycles. The first-order valence-electron chi connectivity index (χ1n) is 8.86. The molecule has 0 spiro atoms. The summed E-state index contributed by atoms with van der Waals surface area (Å²) in [6, 6.07) is 11.1. The Balaban J connectivity index is 2.95. The predicted molar refractivity (Wildman–Crippen MR) is 109 cm³/mol. The Bertz CT molecular complexity index is 990. The molecule has 0 radical (unpaired) electrons. The molecule has 0 saturated carbocycles. The van der Waals surface area contributed by atoms with Crippen LogP contribution in [0, 0.1) is 32.1 Å². The smallest absolute Gasteiger partial charge is 0.157 e. The summed E-state index contributed by atoms with van der Waals surface area (Å²) in [4.78, 5) is 12.6. The lowest BCUT2D eigenvalue weighted by Crippen LogP contribution is -2.16. The lowest BCUT2D eigenvalue weighted by atomic mass is 9.76. The Hall–Kier alpha value is -3.12. The van der Waals surface area contributed by atoms with E-state index in [-0.39, 0.29) is 11.5 Å². The van der Waals surface area contributed by atoms with Crippen molar-refractivity contribution < 1.29 is 9.90 Å². The van der Waals surface area contributed by atoms with E-state index >= 15 is 0 Å². The third kappa shape index (κ3) is 3.85. The van der Waals surface area contributed by atoms with Gasteiger partial charge in [-0.25, -0.2) is 0 Å². The molecule has 0 saturated heterocycles. The molecule has 0 bridgehead atoms. The normalized spacial score (nSPS) is 12.7. The minimum atomic E-state index is -0.437. The Morgan fingerprint density at radius 1 is 1.15 bits per heavy atom. The fourth-order valence-corrected chi connectivity index (χ4v) is 3.53. The van der Waals surface area contributed by atoms with E-state index in [2.05, 4.69) is 12.6 Å². The summed E-state index contributed by atoms with van der Waals surface area (Å²) in [6.07, 6.45) is 1.67. The first-order valence-corrected chi connectivity index (χ1v) is 8.86. The molecule has 0 fully saturated rings. The van der Waals surface area contributed by atoms with Crippen molar-refractivity contribution in [1.29, 1.82) is 5.26 Å². The Labute approximate surface area is 161 Å². The first kappa shape index (κ1) is 20.2. The highest BCUT2D eigenvalue weighted by Gasteiger charge is 2.29. The molecular formula is C24H25NO2. The Kier molecular flexibility index (Phi) is 6.02. The van der Waals surface area contributed by atoms with Crippen molar-refractivity contribution in [3.05, 3.63) is 87.5 Å². The molecule has 0 amide bonds. The maximum atomic E-state index is 12.6. The number of hydrogen-bond donors (Lipinski definition) is 1. The molecular weight excluding hydrogens is 334 g/mol. The van der Waals surface area contributed by atoms with Crippen molar-refractivity contribution >= 4 is 5.78 Å². The van der Waals surface area contributed by atoms with E-state index in [1.807, 2.05) is 45.9 Å². The molecule has 138 valence electrons. The highest BCUT2D eigenvalue weighted by atomic mass is 16.3. The highest BCUT2D eigenvalue weighted by molar-refractivity contribution is 5.97. The third-order valence-electron chi connectivity index (χ3n) is 5.16. The van der Waals surface area contributed by atoms with Crippen LogP contribution in [0.2, 0.25) is 0 Å². The molecule has 1 atom stereocenters. The number of phenolic OH excluding ortho intramolecular Hbond substituents is 1. The van der Waals surface area contributed by atoms with Crippen molar-refractivity contribution in [2.45, 2.75) is 40.5 Å². The fourth-order valence-electron chi connectivity index (χ4n) is 3.53. The highest BCUT2D eigenvalue weighted by Crippen LogP contribution is 2.42. The second-order valence-corrected chi connectivity index (χ2v) is 6.91. The number of nitrogens with zero attached hydrogens (tertiary/aromatic N) is 1. The van der Waals surface area contributed by atoms with Crippen molar-refractivity contribution in [2.24, 2.45) is 0 Å². The number of nitriles is 1. The van der Waals surface area contributed by atoms with Crippen LogP contribution in [0.5, 0.6) is 5.75 Å². The molecule has 2 aromatic carbocycles. The fraction of sp³-hybridized carbons (Fsp3) is 0.250. The van der Waals surface area contributed by atoms with Crippen molar-refractivity contribution in [3.63, 3.8) is 0 Å². The van der Waals surface area contributed by atoms with Crippen molar-refractivity contribution in [3.8, 4) is 11.8 Å². The van der Waals surface area contributed by atoms with Gasteiger partial charge in [-0.1, -0.05) is 24.8 Å². The number of benzene rings is 2. The van der Waals surface area contributed by atoms with E-state index in [4.69, 9.17) is 0 Å². The topological polar surface area (TPSA) is 61.1 Å². The summed E-state index contributed by atoms with van der Waals surface area (Å²) in [5, 5.41) is 19.9. The molecule has 1 N–H and O–H groups in total. The minimum absolute atomic E-state index is 0.0681. The van der Waals surface area contributed by atoms with Crippen molar-refractivity contribution in [2.75, 3.05) is 0 Å². The number of carbonyl (C=O) groups excluding carboxylic acids is 1. The Morgan fingerprint density at radius 2 is 1.81 bits per heavy atom. The van der Waals surface area contributed by atoms with Gasteiger partial charge < -0.3 is 5.11 Å². The number of aromatic hydroxyl groups is 1. The average molecular weight is 359 g/mol. The van der Waals surface area contributed by atoms with Crippen LogP contribution >= 0.6 is 0 Å². The van der Waals surface area contributed by atoms with Crippen LogP contribution in [0.15, 0.2) is 54.1 Å². The van der Waals surface area contributed by atoms with Crippen LogP contribution in [-0.2, 0) is 4.79 Å². The summed E-state index contributed by atoms with van der Waals surface area (Å²) < 4.78 is 0. The number of allylic oxidation sites excluding steroid dienone is 3. The van der Waals surface area contributed by atoms with Gasteiger partial charge in [-0.05, 0) is 80.6 Å². The van der Waals surface area contributed by atoms with E-state index in [9.17, 15) is 15.2 Å². The summed E-state index contributed by atoms with van der Waals surface area (Å²) in [5.41, 5.74) is 6.43. The number of Topliss-reactive ketones (excluding diaryl/α,β-unsaturated/α-hetero) is 1. The quantitative estimate of drug-likeness (QED) is 0.573. The van der Waals surface area contributed by atoms with Crippen LogP contribution < -0.4 is 0 Å². The van der Waals surface area contributed by atoms with Gasteiger partial charge in [-0.15, -0.1) is 0 Å². The number of rotatable bonds is 5. The zero-order valence-electron chi connectivity index (χ0n) is 16.6. The van der Waals surface area contributed by atoms with Gasteiger partial charge >= 0.3 is 0 Å². The molecule has 2 aromatic rings. The largest absolute Gasteiger partial charge is 0.508 e. The maximum absolute atomic E-state index is 12.6. The molecule has 0 aliphatic carbocycles. The molecule has 27 heavy (non-hydrogen) atoms. The summed E-state index contributed by atoms with van der Waals surface area (Å²) in [7, 11) is 0. The number of carbonyl (C=O) groups is 1. The standard InChI is InChI=1S/C24H25NO2/c1-7-14(2)22(18(6)26)24(20-10-9-19(13-25)12-16(20)4)23-17(5)15(3)8-11-21(23)27/h7-12,24,27H,1H2,2-6H3/b22-14-/t24-/m0/s1. The predicted octanol–water partition coefficient (Wildman–Crippen LogP) is 5.41. The molecule has 0 unspecified atom stereocenters. The van der Waals surface area contributed by atoms with E-state index in [1.165, 1.54) is 6.92 Å². The molecule has 2 rings (SSSR count). The van der Waals surface area contributed by atoms with Gasteiger partial charge in [0.1, 0.15) is 5.75 Å². The van der Waals surface area contributed by atoms with Gasteiger partial charge in [-0.2, -0.15) is 5.26 Å². The maximum Gasteiger partial charge on any atom is 0.157 e. The Morgan fingerprint density at radius 3 is 2.33 bits per heavy atom. The number of phenols is 1. The van der Waals surface area contributed by atoms with Crippen LogP contribution in [-0.4, -0.2) is 10.9 Å². The van der Waals surface area contributed by atoms with E-state index < -0.39 is 5.92 Å². The van der Waals surface area contributed by atoms with Crippen LogP contribution in [0.3, 0.4) is 0 Å². The van der Waals surface area contributed by atoms with Crippen LogP contribution in [0.1, 0.15) is 53.1 Å². The molecule has 0 aliphatic heterocycles. The molecule has 3 heteroatoms. The lowest BCUT2D eigenvalue weighted by molar-refractivity contribution is -0.113. The molecule has 0 heterocycles. The SMILES string of the molecule is C=C/C(C)=C(/C(C)=O)[C@H](c1ccc(C#N)cc1C)c1c(O)ccc(C)c1C. The number of ketones is 1. The monoisotopic (exact) mass is 359 g/mol. The third-order valence-corrected chi connectivity index (χ3v) is 5.16. The van der Waals surface area contributed by atoms with Gasteiger partial charge in [-0.3, -0.25) is 4.79 Å². The zero-order valence-corrected chi connectivity index (χ0v) is 16.6. The van der Waals surface area contributed by atoms with Gasteiger partial charge in [0, 0.05) is 17.1 Å². The van der Waals surface area contributed by atoms with Crippen molar-refractivity contribution in [1.82, 2.24) is 0 Å². The number of hydrogen-bond acceptors (Lipinski definition) is 3. The summed E-state index contributed by atoms with van der Waals surface area (Å²) in [5.74, 6) is -0.350. The second-order valence-electron chi connectivity index (χ2n) is 6.91. The van der Waals surface area contributed by atoms with Gasteiger partial charge in [0.05, 0.1) is 11.6 Å². The van der Waals surface area contributed by atoms with Gasteiger partial charge in [0.15, 0.2) is 5.78 Å². The minimum Gasteiger partial charge on any atom is -0.508 e. The average Bonchev–Trinajstić information content (AvgIpc) is 2.63. The van der Waals surface area contributed by atoms with Gasteiger partial charge in [0.25, 0.3) is 0 Å². The van der Waals surface area contributed by atoms with Crippen LogP contribution in [0.25, 0.3) is 0 Å². The number of aryl methyl sites for hydroxylation is 2. The molecule has 3 nitrogen and oxygen atoms in total. The zero-order chi connectivity index (χ0) is 20.3. The summed E-state index contributed by atoms with van der Waals surface area (Å²) >= 11 is 0. The van der Waals surface area contributed by atoms with E-state index in [0.717, 1.165) is 27.8 Å². The second kappa shape index (κ2) is 8.05. The van der Waals surface area contributed by atoms with E-state index in [1.54, 1.807) is 18.2 Å².